The molecule has 32 heavy (non-hydrogen) atoms. The summed E-state index contributed by atoms with van der Waals surface area (Å²) in [7, 11) is 2.97. The average Bonchev–Trinajstić information content (AvgIpc) is 3.33. The molecule has 0 saturated carbocycles. The monoisotopic (exact) mass is 559 g/mol. The normalized spacial score (nSPS) is 13.1. The summed E-state index contributed by atoms with van der Waals surface area (Å²) >= 11 is 0. The maximum Gasteiger partial charge on any atom is 4.00 e. The first-order valence-corrected chi connectivity index (χ1v) is 11.6. The van der Waals surface area contributed by atoms with Gasteiger partial charge in [-0.25, -0.2) is 11.1 Å². The van der Waals surface area contributed by atoms with Crippen LogP contribution in [0.25, 0.3) is 21.9 Å². The summed E-state index contributed by atoms with van der Waals surface area (Å²) in [6, 6.07) is 21.8. The van der Waals surface area contributed by atoms with E-state index < -0.39 is 0 Å². The fraction of sp³-hybridized carbons (Fsp3) is 0.321. The average molecular weight is 562 g/mol. The molecule has 3 radical (unpaired) electrons. The molecule has 0 heterocycles. The molecule has 1 atom stereocenters. The molecule has 1 aliphatic rings. The predicted octanol–water partition coefficient (Wildman–Crippen LogP) is 2.35. The van der Waals surface area contributed by atoms with Crippen molar-refractivity contribution in [1.29, 1.82) is 0 Å². The Bertz CT molecular complexity index is 909. The van der Waals surface area contributed by atoms with Gasteiger partial charge in [-0.2, -0.15) is 12.1 Å². The van der Waals surface area contributed by atoms with E-state index in [9.17, 15) is 0 Å². The summed E-state index contributed by atoms with van der Waals surface area (Å²) in [6.07, 6.45) is 6.62. The van der Waals surface area contributed by atoms with Gasteiger partial charge in [-0.15, -0.1) is 41.5 Å². The Hall–Kier alpha value is -0.790. The number of allylic oxidation sites excluding steroid dienone is 4. The summed E-state index contributed by atoms with van der Waals surface area (Å²) in [5, 5.41) is 2.72. The minimum absolute atomic E-state index is 0. The number of hydrogen-bond donors (Lipinski definition) is 0. The quantitative estimate of drug-likeness (QED) is 0.333. The van der Waals surface area contributed by atoms with E-state index in [0.29, 0.717) is 5.92 Å². The molecule has 3 aromatic carbocycles. The van der Waals surface area contributed by atoms with Crippen LogP contribution in [0.4, 0.5) is 0 Å². The number of benzene rings is 2. The fourth-order valence-electron chi connectivity index (χ4n) is 3.37. The topological polar surface area (TPSA) is 0 Å². The number of fused-ring (bicyclic) bond motifs is 1. The minimum Gasteiger partial charge on any atom is -1.00 e. The number of aryl methyl sites for hydroxylation is 1. The molecule has 169 valence electrons. The molecule has 0 nitrogen and oxygen atoms in total. The van der Waals surface area contributed by atoms with E-state index in [-0.39, 0.29) is 51.0 Å². The summed E-state index contributed by atoms with van der Waals surface area (Å²) in [5.74, 6) is 0.551. The van der Waals surface area contributed by atoms with Crippen molar-refractivity contribution in [3.05, 3.63) is 89.5 Å². The Morgan fingerprint density at radius 1 is 0.938 bits per heavy atom. The molecule has 0 fully saturated rings. The molecule has 4 heteroatoms. The van der Waals surface area contributed by atoms with Crippen LogP contribution in [0.2, 0.25) is 6.55 Å². The molecule has 1 unspecified atom stereocenters. The Morgan fingerprint density at radius 2 is 1.53 bits per heavy atom. The Kier molecular flexibility index (Phi) is 22.0. The molecule has 0 bridgehead atoms. The van der Waals surface area contributed by atoms with Crippen molar-refractivity contribution in [2.45, 2.75) is 54.5 Å². The van der Waals surface area contributed by atoms with Crippen LogP contribution in [0.3, 0.4) is 0 Å². The largest absolute Gasteiger partial charge is 4.00 e. The molecule has 0 amide bonds. The zero-order valence-electron chi connectivity index (χ0n) is 20.4. The maximum absolute atomic E-state index is 3.29. The summed E-state index contributed by atoms with van der Waals surface area (Å²) < 4.78 is 0. The van der Waals surface area contributed by atoms with Crippen LogP contribution in [-0.2, 0) is 32.6 Å². The Balaban J connectivity index is -0.000000483. The van der Waals surface area contributed by atoms with E-state index in [2.05, 4.69) is 111 Å². The van der Waals surface area contributed by atoms with Crippen molar-refractivity contribution < 1.29 is 51.0 Å². The van der Waals surface area contributed by atoms with Gasteiger partial charge >= 0.3 is 26.2 Å². The smallest absolute Gasteiger partial charge is 1.00 e. The zero-order chi connectivity index (χ0) is 21.8. The van der Waals surface area contributed by atoms with Crippen LogP contribution in [0.5, 0.6) is 0 Å². The minimum atomic E-state index is 0. The predicted molar refractivity (Wildman–Crippen MR) is 133 cm³/mol. The molecule has 0 spiro atoms. The van der Waals surface area contributed by atoms with Crippen molar-refractivity contribution in [1.82, 2.24) is 0 Å². The molecular formula is C28H35Cl2SiZr. The summed E-state index contributed by atoms with van der Waals surface area (Å²) in [6.45, 7) is 14.4. The number of rotatable bonds is 2. The first-order valence-electron chi connectivity index (χ1n) is 10.6. The third kappa shape index (κ3) is 10.4. The Morgan fingerprint density at radius 3 is 1.97 bits per heavy atom. The van der Waals surface area contributed by atoms with Gasteiger partial charge in [-0.05, 0) is 12.0 Å². The Labute approximate surface area is 231 Å². The standard InChI is InChI=1S/C17H15.C8H11.C2H6.CH3Si.2ClH.Zr/c1-2-13-11-15-9-6-10-16(17(15)12-13)14-7-4-3-5-8-14;1-6-4-7(2)8(3)5-6;2*1-2;;;/h3-12H,2H2,1H3;4,6H,1-3H3;1-2H3;1H3;2*1H;/q2*-1;;;;;+4/p-2. The summed E-state index contributed by atoms with van der Waals surface area (Å²) in [4.78, 5) is 0. The molecule has 0 N–H and O–H groups in total. The van der Waals surface area contributed by atoms with E-state index in [1.807, 2.05) is 13.8 Å². The van der Waals surface area contributed by atoms with Crippen molar-refractivity contribution in [2.24, 2.45) is 5.92 Å². The SMILES string of the molecule is CC.CC1=[C-]C(C)C=C1C.CCc1cc2c(-c3ccccc3)cccc2[cH-]1.C[Si].[Cl-].[Cl-].[Zr+4]. The van der Waals surface area contributed by atoms with Crippen LogP contribution in [0.15, 0.2) is 77.9 Å². The first kappa shape index (κ1) is 35.8. The van der Waals surface area contributed by atoms with Crippen LogP contribution in [-0.4, -0.2) is 10.2 Å². The maximum atomic E-state index is 3.29. The molecule has 0 saturated heterocycles. The molecule has 0 aliphatic heterocycles. The molecule has 0 aromatic heterocycles. The van der Waals surface area contributed by atoms with Crippen LogP contribution >= 0.6 is 0 Å². The molecular weight excluding hydrogens is 527 g/mol. The van der Waals surface area contributed by atoms with Gasteiger partial charge < -0.3 is 24.8 Å². The first-order chi connectivity index (χ1) is 14.1. The van der Waals surface area contributed by atoms with Crippen LogP contribution < -0.4 is 24.8 Å². The fourth-order valence-corrected chi connectivity index (χ4v) is 3.37. The molecule has 3 aromatic rings. The van der Waals surface area contributed by atoms with Gasteiger partial charge in [-0.1, -0.05) is 89.0 Å². The van der Waals surface area contributed by atoms with Crippen LogP contribution in [0.1, 0.15) is 47.1 Å². The van der Waals surface area contributed by atoms with Gasteiger partial charge in [0.05, 0.1) is 0 Å². The molecule has 4 rings (SSSR count). The van der Waals surface area contributed by atoms with Crippen LogP contribution in [0, 0.1) is 12.0 Å². The van der Waals surface area contributed by atoms with Gasteiger partial charge in [0.15, 0.2) is 0 Å². The van der Waals surface area contributed by atoms with Gasteiger partial charge in [0.2, 0.25) is 0 Å². The third-order valence-corrected chi connectivity index (χ3v) is 4.84. The van der Waals surface area contributed by atoms with Crippen molar-refractivity contribution in [3.8, 4) is 11.1 Å². The van der Waals surface area contributed by atoms with Gasteiger partial charge in [0.1, 0.15) is 0 Å². The zero-order valence-corrected chi connectivity index (χ0v) is 25.4. The van der Waals surface area contributed by atoms with Crippen molar-refractivity contribution >= 4 is 21.0 Å². The number of hydrogen-bond acceptors (Lipinski definition) is 0. The van der Waals surface area contributed by atoms with Crippen molar-refractivity contribution in [2.75, 3.05) is 0 Å². The van der Waals surface area contributed by atoms with Gasteiger partial charge in [0.25, 0.3) is 0 Å². The van der Waals surface area contributed by atoms with Gasteiger partial charge in [0, 0.05) is 10.2 Å². The van der Waals surface area contributed by atoms with E-state index in [0.717, 1.165) is 6.42 Å². The van der Waals surface area contributed by atoms with Gasteiger partial charge in [-0.3, -0.25) is 6.08 Å². The second kappa shape index (κ2) is 19.7. The second-order valence-electron chi connectivity index (χ2n) is 6.80. The van der Waals surface area contributed by atoms with E-state index in [4.69, 9.17) is 0 Å². The van der Waals surface area contributed by atoms with E-state index >= 15 is 0 Å². The van der Waals surface area contributed by atoms with Crippen molar-refractivity contribution in [3.63, 3.8) is 0 Å². The summed E-state index contributed by atoms with van der Waals surface area (Å²) in [5.41, 5.74) is 6.76. The second-order valence-corrected chi connectivity index (χ2v) is 6.80. The van der Waals surface area contributed by atoms with E-state index in [1.165, 1.54) is 38.6 Å². The van der Waals surface area contributed by atoms with E-state index in [1.54, 1.807) is 6.55 Å². The molecule has 1 aliphatic carbocycles. The number of halogens is 2. The third-order valence-electron chi connectivity index (χ3n) is 4.84.